The van der Waals surface area contributed by atoms with Gasteiger partial charge < -0.3 is 0 Å². The minimum atomic E-state index is -0.597. The minimum Gasteiger partial charge on any atom is -0.258 e. The van der Waals surface area contributed by atoms with Crippen molar-refractivity contribution < 1.29 is 4.92 Å². The molecule has 0 radical (unpaired) electrons. The van der Waals surface area contributed by atoms with Crippen LogP contribution in [0.15, 0.2) is 6.33 Å². The van der Waals surface area contributed by atoms with Gasteiger partial charge in [0.2, 0.25) is 11.0 Å². The summed E-state index contributed by atoms with van der Waals surface area (Å²) in [6, 6.07) is 0. The first kappa shape index (κ1) is 13.4. The molecule has 0 saturated carbocycles. The van der Waals surface area contributed by atoms with Crippen LogP contribution >= 0.6 is 11.6 Å². The number of nitro groups is 1. The molecule has 2 heterocycles. The second kappa shape index (κ2) is 4.93. The molecule has 100 valence electrons. The van der Waals surface area contributed by atoms with Gasteiger partial charge in [0, 0.05) is 5.69 Å². The number of hydrogen-bond donors (Lipinski definition) is 0. The molecule has 7 nitrogen and oxygen atoms in total. The first-order valence-corrected chi connectivity index (χ1v) is 6.05. The molecule has 19 heavy (non-hydrogen) atoms. The maximum atomic E-state index is 11.1. The van der Waals surface area contributed by atoms with Gasteiger partial charge in [0.25, 0.3) is 0 Å². The maximum absolute atomic E-state index is 11.1. The zero-order valence-corrected chi connectivity index (χ0v) is 11.5. The van der Waals surface area contributed by atoms with Crippen molar-refractivity contribution >= 4 is 17.3 Å². The molecule has 0 bridgehead atoms. The zero-order valence-electron chi connectivity index (χ0n) is 10.7. The Bertz CT molecular complexity index is 653. The Morgan fingerprint density at radius 1 is 1.42 bits per heavy atom. The van der Waals surface area contributed by atoms with Gasteiger partial charge in [-0.2, -0.15) is 5.10 Å². The van der Waals surface area contributed by atoms with Crippen molar-refractivity contribution in [3.05, 3.63) is 38.5 Å². The summed E-state index contributed by atoms with van der Waals surface area (Å²) in [5.74, 6) is 0.0882. The van der Waals surface area contributed by atoms with Gasteiger partial charge >= 0.3 is 5.69 Å². The predicted molar refractivity (Wildman–Crippen MR) is 69.7 cm³/mol. The first-order chi connectivity index (χ1) is 8.97. The summed E-state index contributed by atoms with van der Waals surface area (Å²) in [6.07, 6.45) is 1.98. The third-order valence-corrected chi connectivity index (χ3v) is 3.21. The van der Waals surface area contributed by atoms with Crippen LogP contribution in [-0.4, -0.2) is 24.7 Å². The van der Waals surface area contributed by atoms with Crippen LogP contribution in [0.2, 0.25) is 5.15 Å². The van der Waals surface area contributed by atoms with Crippen molar-refractivity contribution in [2.24, 2.45) is 0 Å². The molecule has 8 heteroatoms. The summed E-state index contributed by atoms with van der Waals surface area (Å²) < 4.78 is 1.44. The molecule has 0 saturated heterocycles. The molecule has 0 aliphatic carbocycles. The van der Waals surface area contributed by atoms with Gasteiger partial charge in [0.1, 0.15) is 6.33 Å². The van der Waals surface area contributed by atoms with Crippen molar-refractivity contribution in [3.63, 3.8) is 0 Å². The normalized spacial score (nSPS) is 10.7. The molecule has 0 N–H and O–H groups in total. The van der Waals surface area contributed by atoms with Gasteiger partial charge in [-0.15, -0.1) is 0 Å². The van der Waals surface area contributed by atoms with Crippen LogP contribution < -0.4 is 0 Å². The quantitative estimate of drug-likeness (QED) is 0.490. The molecule has 0 aromatic carbocycles. The van der Waals surface area contributed by atoms with Gasteiger partial charge in [-0.1, -0.05) is 18.5 Å². The maximum Gasteiger partial charge on any atom is 0.350 e. The van der Waals surface area contributed by atoms with E-state index in [1.165, 1.54) is 11.0 Å². The van der Waals surface area contributed by atoms with Crippen LogP contribution in [0.1, 0.15) is 23.9 Å². The van der Waals surface area contributed by atoms with E-state index in [9.17, 15) is 10.1 Å². The lowest BCUT2D eigenvalue weighted by Gasteiger charge is -2.05. The van der Waals surface area contributed by atoms with E-state index in [1.54, 1.807) is 0 Å². The fourth-order valence-electron chi connectivity index (χ4n) is 2.05. The van der Waals surface area contributed by atoms with E-state index in [0.717, 1.165) is 23.4 Å². The van der Waals surface area contributed by atoms with Crippen LogP contribution in [-0.2, 0) is 6.42 Å². The standard InChI is InChI=1S/C11H12ClN5O2/c1-4-8-6(2)15-16(7(8)3)11-9(17(18)19)10(12)13-5-14-11/h5H,4H2,1-3H3. The van der Waals surface area contributed by atoms with Gasteiger partial charge in [-0.05, 0) is 25.8 Å². The first-order valence-electron chi connectivity index (χ1n) is 5.67. The molecule has 0 aliphatic rings. The van der Waals surface area contributed by atoms with Crippen LogP contribution in [0.5, 0.6) is 0 Å². The van der Waals surface area contributed by atoms with E-state index in [-0.39, 0.29) is 16.7 Å². The van der Waals surface area contributed by atoms with Gasteiger partial charge in [-0.25, -0.2) is 14.6 Å². The van der Waals surface area contributed by atoms with Crippen LogP contribution in [0.25, 0.3) is 5.82 Å². The largest absolute Gasteiger partial charge is 0.350 e. The SMILES string of the molecule is CCc1c(C)nn(-c2ncnc(Cl)c2[N+](=O)[O-])c1C. The van der Waals surface area contributed by atoms with E-state index in [1.807, 2.05) is 20.8 Å². The fraction of sp³-hybridized carbons (Fsp3) is 0.364. The van der Waals surface area contributed by atoms with Crippen molar-refractivity contribution in [2.75, 3.05) is 0 Å². The third-order valence-electron chi connectivity index (χ3n) is 2.94. The lowest BCUT2D eigenvalue weighted by Crippen LogP contribution is -2.07. The number of nitrogens with zero attached hydrogens (tertiary/aromatic N) is 5. The van der Waals surface area contributed by atoms with Crippen LogP contribution in [0.3, 0.4) is 0 Å². The summed E-state index contributed by atoms with van der Waals surface area (Å²) >= 11 is 5.77. The van der Waals surface area contributed by atoms with Crippen LogP contribution in [0.4, 0.5) is 5.69 Å². The Balaban J connectivity index is 2.73. The molecule has 0 fully saturated rings. The summed E-state index contributed by atoms with van der Waals surface area (Å²) in [4.78, 5) is 18.1. The topological polar surface area (TPSA) is 86.7 Å². The molecular weight excluding hydrogens is 270 g/mol. The van der Waals surface area contributed by atoms with Gasteiger partial charge in [-0.3, -0.25) is 10.1 Å². The van der Waals surface area contributed by atoms with Crippen molar-refractivity contribution in [3.8, 4) is 5.82 Å². The number of halogens is 1. The summed E-state index contributed by atoms with van der Waals surface area (Å²) in [6.45, 7) is 5.71. The molecule has 2 aromatic rings. The Morgan fingerprint density at radius 2 is 2.11 bits per heavy atom. The highest BCUT2D eigenvalue weighted by Gasteiger charge is 2.25. The molecule has 0 unspecified atom stereocenters. The second-order valence-corrected chi connectivity index (χ2v) is 4.37. The van der Waals surface area contributed by atoms with E-state index in [0.29, 0.717) is 0 Å². The average molecular weight is 282 g/mol. The van der Waals surface area contributed by atoms with E-state index in [2.05, 4.69) is 15.1 Å². The molecule has 0 spiro atoms. The summed E-state index contributed by atoms with van der Waals surface area (Å²) in [7, 11) is 0. The van der Waals surface area contributed by atoms with E-state index in [4.69, 9.17) is 11.6 Å². The Hall–Kier alpha value is -2.02. The number of aryl methyl sites for hydroxylation is 1. The van der Waals surface area contributed by atoms with Crippen molar-refractivity contribution in [2.45, 2.75) is 27.2 Å². The van der Waals surface area contributed by atoms with Gasteiger partial charge in [0.15, 0.2) is 0 Å². The molecule has 2 rings (SSSR count). The summed E-state index contributed by atoms with van der Waals surface area (Å²) in [5.41, 5.74) is 2.35. The smallest absolute Gasteiger partial charge is 0.258 e. The fourth-order valence-corrected chi connectivity index (χ4v) is 2.25. The highest BCUT2D eigenvalue weighted by Crippen LogP contribution is 2.29. The lowest BCUT2D eigenvalue weighted by atomic mass is 10.1. The zero-order chi connectivity index (χ0) is 14.2. The minimum absolute atomic E-state index is 0.0882. The van der Waals surface area contributed by atoms with Crippen molar-refractivity contribution in [1.29, 1.82) is 0 Å². The molecule has 0 atom stereocenters. The molecule has 2 aromatic heterocycles. The monoisotopic (exact) mass is 281 g/mol. The third kappa shape index (κ3) is 2.17. The lowest BCUT2D eigenvalue weighted by molar-refractivity contribution is -0.385. The van der Waals surface area contributed by atoms with Crippen molar-refractivity contribution in [1.82, 2.24) is 19.7 Å². The molecule has 0 amide bonds. The van der Waals surface area contributed by atoms with Gasteiger partial charge in [0.05, 0.1) is 10.6 Å². The van der Waals surface area contributed by atoms with E-state index < -0.39 is 4.92 Å². The Labute approximate surface area is 114 Å². The number of rotatable bonds is 3. The molecular formula is C11H12ClN5O2. The Morgan fingerprint density at radius 3 is 2.63 bits per heavy atom. The van der Waals surface area contributed by atoms with Crippen LogP contribution in [0, 0.1) is 24.0 Å². The van der Waals surface area contributed by atoms with E-state index >= 15 is 0 Å². The average Bonchev–Trinajstić information content (AvgIpc) is 2.63. The highest BCUT2D eigenvalue weighted by atomic mass is 35.5. The number of aromatic nitrogens is 4. The highest BCUT2D eigenvalue weighted by molar-refractivity contribution is 6.31. The predicted octanol–water partition coefficient (Wildman–Crippen LogP) is 2.40. The Kier molecular flexibility index (Phi) is 3.48. The second-order valence-electron chi connectivity index (χ2n) is 4.01. The molecule has 0 aliphatic heterocycles. The number of hydrogen-bond acceptors (Lipinski definition) is 5. The summed E-state index contributed by atoms with van der Waals surface area (Å²) in [5, 5.41) is 15.2.